The third-order valence-electron chi connectivity index (χ3n) is 3.47. The third-order valence-corrected chi connectivity index (χ3v) is 3.86. The first-order valence-electron chi connectivity index (χ1n) is 7.14. The van der Waals surface area contributed by atoms with Crippen LogP contribution in [-0.2, 0) is 17.8 Å². The Morgan fingerprint density at radius 1 is 1.43 bits per heavy atom. The van der Waals surface area contributed by atoms with Crippen LogP contribution in [0.2, 0.25) is 0 Å². The van der Waals surface area contributed by atoms with Gasteiger partial charge < -0.3 is 19.0 Å². The van der Waals surface area contributed by atoms with E-state index >= 15 is 0 Å². The van der Waals surface area contributed by atoms with Gasteiger partial charge in [-0.2, -0.15) is 0 Å². The Morgan fingerprint density at radius 2 is 2.30 bits per heavy atom. The molecule has 1 N–H and O–H groups in total. The number of fused-ring (bicyclic) bond motifs is 1. The number of carbonyl (C=O) groups is 1. The van der Waals surface area contributed by atoms with E-state index in [0.29, 0.717) is 35.6 Å². The minimum absolute atomic E-state index is 0.172. The van der Waals surface area contributed by atoms with E-state index in [2.05, 4.69) is 26.2 Å². The predicted octanol–water partition coefficient (Wildman–Crippen LogP) is 2.97. The molecule has 0 saturated heterocycles. The van der Waals surface area contributed by atoms with E-state index in [1.54, 1.807) is 19.4 Å². The summed E-state index contributed by atoms with van der Waals surface area (Å²) in [6.07, 6.45) is 1.70. The lowest BCUT2D eigenvalue weighted by Gasteiger charge is -2.10. The fourth-order valence-electron chi connectivity index (χ4n) is 2.39. The molecule has 0 aliphatic rings. The molecule has 3 rings (SSSR count). The van der Waals surface area contributed by atoms with Crippen molar-refractivity contribution in [2.75, 3.05) is 13.7 Å². The zero-order valence-corrected chi connectivity index (χ0v) is 14.2. The highest BCUT2D eigenvalue weighted by atomic mass is 79.9. The van der Waals surface area contributed by atoms with E-state index in [-0.39, 0.29) is 5.91 Å². The zero-order chi connectivity index (χ0) is 16.2. The zero-order valence-electron chi connectivity index (χ0n) is 12.6. The summed E-state index contributed by atoms with van der Waals surface area (Å²) in [5.74, 6) is -0.172. The number of methoxy groups -OCH3 is 1. The van der Waals surface area contributed by atoms with Crippen molar-refractivity contribution in [3.8, 4) is 0 Å². The summed E-state index contributed by atoms with van der Waals surface area (Å²) in [7, 11) is 1.63. The van der Waals surface area contributed by atoms with Gasteiger partial charge in [-0.15, -0.1) is 0 Å². The minimum atomic E-state index is -0.172. The second kappa shape index (κ2) is 6.97. The van der Waals surface area contributed by atoms with Gasteiger partial charge in [-0.05, 0) is 28.1 Å². The minimum Gasteiger partial charge on any atom is -0.448 e. The number of pyridine rings is 1. The summed E-state index contributed by atoms with van der Waals surface area (Å²) < 4.78 is 13.2. The molecule has 0 spiro atoms. The van der Waals surface area contributed by atoms with Crippen LogP contribution in [0.3, 0.4) is 0 Å². The number of nitrogens with one attached hydrogen (secondary N) is 1. The van der Waals surface area contributed by atoms with Crippen molar-refractivity contribution in [1.29, 1.82) is 0 Å². The molecule has 120 valence electrons. The van der Waals surface area contributed by atoms with E-state index in [4.69, 9.17) is 9.15 Å². The number of furan rings is 1. The Morgan fingerprint density at radius 3 is 3.04 bits per heavy atom. The molecule has 0 aliphatic carbocycles. The summed E-state index contributed by atoms with van der Waals surface area (Å²) in [4.78, 5) is 16.7. The first-order valence-corrected chi connectivity index (χ1v) is 7.94. The smallest absolute Gasteiger partial charge is 0.268 e. The van der Waals surface area contributed by atoms with Gasteiger partial charge >= 0.3 is 0 Å². The first kappa shape index (κ1) is 15.8. The topological polar surface area (TPSA) is 69.3 Å². The van der Waals surface area contributed by atoms with Crippen molar-refractivity contribution in [1.82, 2.24) is 14.9 Å². The highest BCUT2D eigenvalue weighted by Gasteiger charge is 2.18. The maximum atomic E-state index is 12.5. The van der Waals surface area contributed by atoms with Crippen LogP contribution < -0.4 is 5.32 Å². The van der Waals surface area contributed by atoms with Gasteiger partial charge in [0.15, 0.2) is 10.3 Å². The molecule has 0 saturated carbocycles. The molecule has 0 radical (unpaired) electrons. The fourth-order valence-corrected chi connectivity index (χ4v) is 2.78. The van der Waals surface area contributed by atoms with Crippen molar-refractivity contribution in [2.45, 2.75) is 13.1 Å². The number of hydrogen-bond acceptors (Lipinski definition) is 4. The molecule has 3 aromatic rings. The van der Waals surface area contributed by atoms with E-state index in [1.165, 1.54) is 0 Å². The quantitative estimate of drug-likeness (QED) is 0.716. The summed E-state index contributed by atoms with van der Waals surface area (Å²) in [5, 5.41) is 2.88. The Balaban J connectivity index is 1.82. The number of halogens is 1. The van der Waals surface area contributed by atoms with Crippen molar-refractivity contribution in [3.05, 3.63) is 52.6 Å². The molecule has 0 bridgehead atoms. The number of ether oxygens (including phenoxy) is 1. The lowest BCUT2D eigenvalue weighted by atomic mass is 10.3. The maximum Gasteiger partial charge on any atom is 0.268 e. The highest BCUT2D eigenvalue weighted by Crippen LogP contribution is 2.27. The molecule has 6 nitrogen and oxygen atoms in total. The van der Waals surface area contributed by atoms with Gasteiger partial charge in [-0.1, -0.05) is 6.07 Å². The van der Waals surface area contributed by atoms with Crippen LogP contribution in [0.25, 0.3) is 11.1 Å². The second-order valence-corrected chi connectivity index (χ2v) is 5.76. The average Bonchev–Trinajstić information content (AvgIpc) is 3.08. The van der Waals surface area contributed by atoms with Crippen LogP contribution >= 0.6 is 15.9 Å². The van der Waals surface area contributed by atoms with Crippen LogP contribution in [0.15, 0.2) is 45.6 Å². The Bertz CT molecular complexity index is 811. The van der Waals surface area contributed by atoms with Crippen molar-refractivity contribution in [2.24, 2.45) is 0 Å². The number of amides is 1. The van der Waals surface area contributed by atoms with E-state index in [0.717, 1.165) is 11.2 Å². The largest absolute Gasteiger partial charge is 0.448 e. The molecule has 23 heavy (non-hydrogen) atoms. The van der Waals surface area contributed by atoms with Gasteiger partial charge in [-0.25, -0.2) is 0 Å². The Hall–Kier alpha value is -2.12. The van der Waals surface area contributed by atoms with Crippen LogP contribution in [0.5, 0.6) is 0 Å². The number of rotatable bonds is 6. The molecule has 1 amide bonds. The molecule has 0 aromatic carbocycles. The fraction of sp³-hybridized carbons (Fsp3) is 0.250. The highest BCUT2D eigenvalue weighted by molar-refractivity contribution is 9.10. The average molecular weight is 378 g/mol. The van der Waals surface area contributed by atoms with Crippen molar-refractivity contribution in [3.63, 3.8) is 0 Å². The molecule has 3 aromatic heterocycles. The Labute approximate surface area is 141 Å². The monoisotopic (exact) mass is 377 g/mol. The maximum absolute atomic E-state index is 12.5. The molecular formula is C16H16BrN3O3. The van der Waals surface area contributed by atoms with Crippen molar-refractivity contribution < 1.29 is 13.9 Å². The molecule has 7 heteroatoms. The molecule has 3 heterocycles. The van der Waals surface area contributed by atoms with E-state index < -0.39 is 0 Å². The first-order chi connectivity index (χ1) is 11.2. The Kier molecular flexibility index (Phi) is 4.78. The van der Waals surface area contributed by atoms with Gasteiger partial charge in [0.1, 0.15) is 5.69 Å². The van der Waals surface area contributed by atoms with E-state index in [9.17, 15) is 4.79 Å². The summed E-state index contributed by atoms with van der Waals surface area (Å²) in [6.45, 7) is 1.45. The summed E-state index contributed by atoms with van der Waals surface area (Å²) >= 11 is 3.31. The molecule has 0 atom stereocenters. The van der Waals surface area contributed by atoms with Crippen LogP contribution in [0.4, 0.5) is 0 Å². The van der Waals surface area contributed by atoms with Crippen LogP contribution in [-0.4, -0.2) is 29.2 Å². The SMILES string of the molecule is COCCn1c(C(=O)NCc2ccccn2)cc2oc(Br)cc21. The van der Waals surface area contributed by atoms with Crippen LogP contribution in [0.1, 0.15) is 16.2 Å². The second-order valence-electron chi connectivity index (χ2n) is 4.98. The predicted molar refractivity (Wildman–Crippen MR) is 89.2 cm³/mol. The van der Waals surface area contributed by atoms with Gasteiger partial charge in [0.25, 0.3) is 5.91 Å². The number of nitrogens with zero attached hydrogens (tertiary/aromatic N) is 2. The lowest BCUT2D eigenvalue weighted by Crippen LogP contribution is -2.26. The molecule has 0 fully saturated rings. The van der Waals surface area contributed by atoms with Gasteiger partial charge in [0.05, 0.1) is 24.4 Å². The standard InChI is InChI=1S/C16H16BrN3O3/c1-22-7-6-20-12-9-15(17)23-14(12)8-13(20)16(21)19-10-11-4-2-3-5-18-11/h2-5,8-9H,6-7,10H2,1H3,(H,19,21). The molecule has 0 unspecified atom stereocenters. The normalized spacial score (nSPS) is 11.0. The molecule has 0 aliphatic heterocycles. The van der Waals surface area contributed by atoms with Crippen molar-refractivity contribution >= 4 is 32.9 Å². The molecular weight excluding hydrogens is 362 g/mol. The van der Waals surface area contributed by atoms with Gasteiger partial charge in [-0.3, -0.25) is 9.78 Å². The van der Waals surface area contributed by atoms with Gasteiger partial charge in [0, 0.05) is 32.0 Å². The van der Waals surface area contributed by atoms with E-state index in [1.807, 2.05) is 28.8 Å². The number of carbonyl (C=O) groups excluding carboxylic acids is 1. The third kappa shape index (κ3) is 3.46. The van der Waals surface area contributed by atoms with Gasteiger partial charge in [0.2, 0.25) is 0 Å². The van der Waals surface area contributed by atoms with Crippen LogP contribution in [0, 0.1) is 0 Å². The summed E-state index contributed by atoms with van der Waals surface area (Å²) in [5.41, 5.74) is 2.87. The number of aromatic nitrogens is 2. The summed E-state index contributed by atoms with van der Waals surface area (Å²) in [6, 6.07) is 9.19. The lowest BCUT2D eigenvalue weighted by molar-refractivity contribution is 0.0939. The number of hydrogen-bond donors (Lipinski definition) is 1.